The van der Waals surface area contributed by atoms with Crippen molar-refractivity contribution in [2.75, 3.05) is 6.54 Å². The number of hydrogen-bond acceptors (Lipinski definition) is 3. The van der Waals surface area contributed by atoms with Crippen molar-refractivity contribution in [3.05, 3.63) is 35.2 Å². The van der Waals surface area contributed by atoms with Crippen LogP contribution >= 0.6 is 11.3 Å². The first-order chi connectivity index (χ1) is 9.25. The Morgan fingerprint density at radius 1 is 1.32 bits per heavy atom. The maximum atomic E-state index is 10.4. The third kappa shape index (κ3) is 2.31. The molecule has 2 aromatic rings. The minimum atomic E-state index is -0.245. The fourth-order valence-corrected chi connectivity index (χ4v) is 4.32. The Bertz CT molecular complexity index is 565. The molecule has 0 amide bonds. The van der Waals surface area contributed by atoms with Gasteiger partial charge in [-0.3, -0.25) is 0 Å². The SMILES string of the molecule is NCC1(Cc2csc3ccccc23)CCCCC1O. The van der Waals surface area contributed by atoms with Crippen LogP contribution in [-0.4, -0.2) is 17.8 Å². The van der Waals surface area contributed by atoms with Crippen molar-refractivity contribution in [3.63, 3.8) is 0 Å². The summed E-state index contributed by atoms with van der Waals surface area (Å²) in [6.07, 6.45) is 4.94. The summed E-state index contributed by atoms with van der Waals surface area (Å²) in [5.74, 6) is 0. The van der Waals surface area contributed by atoms with E-state index in [1.54, 1.807) is 11.3 Å². The molecule has 0 radical (unpaired) electrons. The highest BCUT2D eigenvalue weighted by molar-refractivity contribution is 7.17. The van der Waals surface area contributed by atoms with Gasteiger partial charge < -0.3 is 10.8 Å². The van der Waals surface area contributed by atoms with E-state index in [-0.39, 0.29) is 11.5 Å². The smallest absolute Gasteiger partial charge is 0.0611 e. The molecule has 2 atom stereocenters. The van der Waals surface area contributed by atoms with Crippen molar-refractivity contribution in [1.29, 1.82) is 0 Å². The van der Waals surface area contributed by atoms with Gasteiger partial charge in [-0.25, -0.2) is 0 Å². The Morgan fingerprint density at radius 3 is 2.95 bits per heavy atom. The molecule has 1 saturated carbocycles. The van der Waals surface area contributed by atoms with Gasteiger partial charge in [-0.15, -0.1) is 11.3 Å². The summed E-state index contributed by atoms with van der Waals surface area (Å²) < 4.78 is 1.33. The molecule has 0 aliphatic heterocycles. The monoisotopic (exact) mass is 275 g/mol. The molecule has 1 heterocycles. The molecule has 3 rings (SSSR count). The van der Waals surface area contributed by atoms with Gasteiger partial charge in [0.15, 0.2) is 0 Å². The van der Waals surface area contributed by atoms with Crippen LogP contribution in [-0.2, 0) is 6.42 Å². The average molecular weight is 275 g/mol. The minimum absolute atomic E-state index is 0.109. The van der Waals surface area contributed by atoms with E-state index >= 15 is 0 Å². The largest absolute Gasteiger partial charge is 0.392 e. The molecular weight excluding hydrogens is 254 g/mol. The molecular formula is C16H21NOS. The zero-order chi connectivity index (χ0) is 13.3. The highest BCUT2D eigenvalue weighted by Gasteiger charge is 2.39. The summed E-state index contributed by atoms with van der Waals surface area (Å²) in [6, 6.07) is 8.51. The van der Waals surface area contributed by atoms with Crippen molar-refractivity contribution in [3.8, 4) is 0 Å². The minimum Gasteiger partial charge on any atom is -0.392 e. The molecule has 0 bridgehead atoms. The van der Waals surface area contributed by atoms with Crippen molar-refractivity contribution < 1.29 is 5.11 Å². The lowest BCUT2D eigenvalue weighted by Crippen LogP contribution is -2.45. The molecule has 2 unspecified atom stereocenters. The van der Waals surface area contributed by atoms with E-state index in [1.165, 1.54) is 22.1 Å². The molecule has 0 spiro atoms. The van der Waals surface area contributed by atoms with Crippen LogP contribution in [0.1, 0.15) is 31.2 Å². The number of aliphatic hydroxyl groups is 1. The van der Waals surface area contributed by atoms with Gasteiger partial charge in [0.2, 0.25) is 0 Å². The molecule has 19 heavy (non-hydrogen) atoms. The zero-order valence-corrected chi connectivity index (χ0v) is 12.0. The molecule has 1 aliphatic carbocycles. The Kier molecular flexibility index (Phi) is 3.61. The Balaban J connectivity index is 1.94. The summed E-state index contributed by atoms with van der Waals surface area (Å²) in [5.41, 5.74) is 7.28. The van der Waals surface area contributed by atoms with E-state index < -0.39 is 0 Å². The summed E-state index contributed by atoms with van der Waals surface area (Å²) in [7, 11) is 0. The van der Waals surface area contributed by atoms with Crippen LogP contribution in [0.15, 0.2) is 29.6 Å². The van der Waals surface area contributed by atoms with Crippen LogP contribution in [0.3, 0.4) is 0 Å². The maximum absolute atomic E-state index is 10.4. The number of fused-ring (bicyclic) bond motifs is 1. The fourth-order valence-electron chi connectivity index (χ4n) is 3.35. The van der Waals surface area contributed by atoms with E-state index in [9.17, 15) is 5.11 Å². The Morgan fingerprint density at radius 2 is 2.16 bits per heavy atom. The molecule has 3 heteroatoms. The summed E-state index contributed by atoms with van der Waals surface area (Å²) in [6.45, 7) is 0.582. The van der Waals surface area contributed by atoms with Crippen molar-refractivity contribution in [2.24, 2.45) is 11.1 Å². The normalized spacial score (nSPS) is 27.8. The van der Waals surface area contributed by atoms with Crippen LogP contribution in [0.4, 0.5) is 0 Å². The van der Waals surface area contributed by atoms with Gasteiger partial charge in [0.1, 0.15) is 0 Å². The number of hydrogen-bond donors (Lipinski definition) is 2. The first-order valence-electron chi connectivity index (χ1n) is 7.08. The molecule has 0 saturated heterocycles. The maximum Gasteiger partial charge on any atom is 0.0611 e. The van der Waals surface area contributed by atoms with Crippen molar-refractivity contribution in [2.45, 2.75) is 38.2 Å². The first-order valence-corrected chi connectivity index (χ1v) is 7.96. The van der Waals surface area contributed by atoms with Gasteiger partial charge in [0.05, 0.1) is 6.10 Å². The number of benzene rings is 1. The molecule has 1 aliphatic rings. The molecule has 1 aromatic carbocycles. The van der Waals surface area contributed by atoms with Gasteiger partial charge in [-0.2, -0.15) is 0 Å². The molecule has 102 valence electrons. The lowest BCUT2D eigenvalue weighted by Gasteiger charge is -2.40. The lowest BCUT2D eigenvalue weighted by molar-refractivity contribution is -0.00559. The van der Waals surface area contributed by atoms with Gasteiger partial charge in [-0.05, 0) is 41.7 Å². The molecule has 2 nitrogen and oxygen atoms in total. The second-order valence-electron chi connectivity index (χ2n) is 5.76. The molecule has 3 N–H and O–H groups in total. The second kappa shape index (κ2) is 5.23. The number of aliphatic hydroxyl groups excluding tert-OH is 1. The van der Waals surface area contributed by atoms with E-state index in [0.717, 1.165) is 25.7 Å². The first kappa shape index (κ1) is 13.1. The second-order valence-corrected chi connectivity index (χ2v) is 6.67. The van der Waals surface area contributed by atoms with Crippen LogP contribution in [0.2, 0.25) is 0 Å². The van der Waals surface area contributed by atoms with E-state index in [4.69, 9.17) is 5.73 Å². The quantitative estimate of drug-likeness (QED) is 0.902. The van der Waals surface area contributed by atoms with Crippen LogP contribution in [0.5, 0.6) is 0 Å². The number of nitrogens with two attached hydrogens (primary N) is 1. The molecule has 1 fully saturated rings. The topological polar surface area (TPSA) is 46.2 Å². The highest BCUT2D eigenvalue weighted by Crippen LogP contribution is 2.41. The number of rotatable bonds is 3. The third-order valence-corrected chi connectivity index (χ3v) is 5.63. The zero-order valence-electron chi connectivity index (χ0n) is 11.1. The predicted molar refractivity (Wildman–Crippen MR) is 81.5 cm³/mol. The average Bonchev–Trinajstić information content (AvgIpc) is 2.85. The van der Waals surface area contributed by atoms with Crippen molar-refractivity contribution in [1.82, 2.24) is 0 Å². The third-order valence-electron chi connectivity index (χ3n) is 4.62. The van der Waals surface area contributed by atoms with Crippen LogP contribution in [0, 0.1) is 5.41 Å². The van der Waals surface area contributed by atoms with Crippen molar-refractivity contribution >= 4 is 21.4 Å². The lowest BCUT2D eigenvalue weighted by atomic mass is 9.68. The Labute approximate surface area is 118 Å². The highest BCUT2D eigenvalue weighted by atomic mass is 32.1. The Hall–Kier alpha value is -0.900. The van der Waals surface area contributed by atoms with Gasteiger partial charge in [0.25, 0.3) is 0 Å². The predicted octanol–water partition coefficient (Wildman–Crippen LogP) is 3.32. The van der Waals surface area contributed by atoms with Gasteiger partial charge >= 0.3 is 0 Å². The van der Waals surface area contributed by atoms with Gasteiger partial charge in [0, 0.05) is 16.7 Å². The van der Waals surface area contributed by atoms with E-state index in [0.29, 0.717) is 6.54 Å². The number of thiophene rings is 1. The van der Waals surface area contributed by atoms with E-state index in [1.807, 2.05) is 0 Å². The van der Waals surface area contributed by atoms with E-state index in [2.05, 4.69) is 29.6 Å². The van der Waals surface area contributed by atoms with Crippen LogP contribution < -0.4 is 5.73 Å². The fraction of sp³-hybridized carbons (Fsp3) is 0.500. The molecule has 1 aromatic heterocycles. The van der Waals surface area contributed by atoms with Crippen LogP contribution in [0.25, 0.3) is 10.1 Å². The summed E-state index contributed by atoms with van der Waals surface area (Å²) in [5, 5.41) is 14.0. The van der Waals surface area contributed by atoms with Gasteiger partial charge in [-0.1, -0.05) is 31.0 Å². The standard InChI is InChI=1S/C16H21NOS/c17-11-16(8-4-3-7-15(16)18)9-12-10-19-14-6-2-1-5-13(12)14/h1-2,5-6,10,15,18H,3-4,7-9,11,17H2. The summed E-state index contributed by atoms with van der Waals surface area (Å²) in [4.78, 5) is 0. The summed E-state index contributed by atoms with van der Waals surface area (Å²) >= 11 is 1.79.